The molecule has 1 rings (SSSR count). The van der Waals surface area contributed by atoms with Crippen LogP contribution in [-0.4, -0.2) is 62.3 Å². The first-order chi connectivity index (χ1) is 8.27. The summed E-state index contributed by atoms with van der Waals surface area (Å²) in [7, 11) is 1.75. The topological polar surface area (TPSA) is 24.5 Å². The van der Waals surface area contributed by atoms with E-state index in [-0.39, 0.29) is 0 Å². The van der Waals surface area contributed by atoms with Gasteiger partial charge in [-0.3, -0.25) is 4.90 Å². The maximum absolute atomic E-state index is 5.04. The van der Waals surface area contributed by atoms with Gasteiger partial charge in [-0.1, -0.05) is 0 Å². The summed E-state index contributed by atoms with van der Waals surface area (Å²) in [6.45, 7) is 7.71. The first-order valence-corrected chi connectivity index (χ1v) is 8.03. The van der Waals surface area contributed by atoms with E-state index < -0.39 is 0 Å². The highest BCUT2D eigenvalue weighted by molar-refractivity contribution is 7.99. The van der Waals surface area contributed by atoms with Crippen LogP contribution >= 0.6 is 11.8 Å². The fourth-order valence-electron chi connectivity index (χ4n) is 2.38. The number of ether oxygens (including phenoxy) is 1. The summed E-state index contributed by atoms with van der Waals surface area (Å²) in [4.78, 5) is 2.63. The van der Waals surface area contributed by atoms with Crippen LogP contribution in [0.15, 0.2) is 0 Å². The Morgan fingerprint density at radius 1 is 1.41 bits per heavy atom. The maximum atomic E-state index is 5.04. The number of methoxy groups -OCH3 is 1. The van der Waals surface area contributed by atoms with E-state index in [9.17, 15) is 0 Å². The molecule has 0 aromatic carbocycles. The minimum atomic E-state index is 0.646. The zero-order chi connectivity index (χ0) is 12.5. The minimum absolute atomic E-state index is 0.646. The average Bonchev–Trinajstić information content (AvgIpc) is 2.59. The molecule has 1 aliphatic heterocycles. The van der Waals surface area contributed by atoms with Crippen molar-refractivity contribution in [3.8, 4) is 0 Å². The number of hydrogen-bond donors (Lipinski definition) is 1. The number of hydrogen-bond acceptors (Lipinski definition) is 4. The van der Waals surface area contributed by atoms with Gasteiger partial charge < -0.3 is 10.1 Å². The van der Waals surface area contributed by atoms with Gasteiger partial charge in [-0.15, -0.1) is 0 Å². The number of likely N-dealkylation sites (tertiary alicyclic amines) is 1. The van der Waals surface area contributed by atoms with Crippen LogP contribution in [0.5, 0.6) is 0 Å². The molecule has 1 aliphatic rings. The lowest BCUT2D eigenvalue weighted by molar-refractivity contribution is 0.185. The van der Waals surface area contributed by atoms with Gasteiger partial charge in [0.15, 0.2) is 0 Å². The first-order valence-electron chi connectivity index (χ1n) is 6.74. The van der Waals surface area contributed by atoms with E-state index in [1.165, 1.54) is 32.4 Å². The Balaban J connectivity index is 2.19. The summed E-state index contributed by atoms with van der Waals surface area (Å²) < 4.78 is 5.04. The highest BCUT2D eigenvalue weighted by Gasteiger charge is 2.19. The fourth-order valence-corrected chi connectivity index (χ4v) is 3.12. The van der Waals surface area contributed by atoms with Crippen molar-refractivity contribution in [2.24, 2.45) is 0 Å². The van der Waals surface area contributed by atoms with E-state index in [1.54, 1.807) is 7.11 Å². The summed E-state index contributed by atoms with van der Waals surface area (Å²) >= 11 is 2.04. The van der Waals surface area contributed by atoms with Gasteiger partial charge in [-0.2, -0.15) is 11.8 Å². The molecule has 1 fully saturated rings. The molecule has 0 amide bonds. The molecule has 2 unspecified atom stereocenters. The molecular weight excluding hydrogens is 232 g/mol. The third-order valence-electron chi connectivity index (χ3n) is 3.59. The standard InChI is InChI=1S/C13H28N2OS/c1-12(11-14-7-10-16-2)15-8-4-5-13(17-3)6-9-15/h12-14H,4-11H2,1-3H3. The minimum Gasteiger partial charge on any atom is -0.383 e. The highest BCUT2D eigenvalue weighted by Crippen LogP contribution is 2.21. The number of nitrogens with one attached hydrogen (secondary N) is 1. The van der Waals surface area contributed by atoms with Gasteiger partial charge in [-0.25, -0.2) is 0 Å². The molecule has 0 aromatic rings. The van der Waals surface area contributed by atoms with Gasteiger partial charge in [0, 0.05) is 31.5 Å². The van der Waals surface area contributed by atoms with Crippen molar-refractivity contribution in [2.45, 2.75) is 37.5 Å². The van der Waals surface area contributed by atoms with E-state index >= 15 is 0 Å². The lowest BCUT2D eigenvalue weighted by Gasteiger charge is -2.28. The van der Waals surface area contributed by atoms with Gasteiger partial charge in [-0.05, 0) is 45.5 Å². The number of thioether (sulfide) groups is 1. The lowest BCUT2D eigenvalue weighted by Crippen LogP contribution is -2.41. The third-order valence-corrected chi connectivity index (χ3v) is 4.73. The molecule has 4 heteroatoms. The summed E-state index contributed by atoms with van der Waals surface area (Å²) in [5.74, 6) is 0. The molecule has 3 nitrogen and oxygen atoms in total. The molecule has 2 atom stereocenters. The predicted molar refractivity (Wildman–Crippen MR) is 76.9 cm³/mol. The van der Waals surface area contributed by atoms with E-state index in [0.29, 0.717) is 6.04 Å². The Hall–Kier alpha value is 0.230. The molecule has 0 radical (unpaired) electrons. The second-order valence-electron chi connectivity index (χ2n) is 4.87. The van der Waals surface area contributed by atoms with E-state index in [1.807, 2.05) is 11.8 Å². The Labute approximate surface area is 111 Å². The number of rotatable bonds is 7. The zero-order valence-electron chi connectivity index (χ0n) is 11.6. The molecular formula is C13H28N2OS. The molecule has 17 heavy (non-hydrogen) atoms. The van der Waals surface area contributed by atoms with Crippen LogP contribution in [0.4, 0.5) is 0 Å². The normalized spacial score (nSPS) is 24.5. The van der Waals surface area contributed by atoms with Gasteiger partial charge in [0.05, 0.1) is 6.61 Å². The smallest absolute Gasteiger partial charge is 0.0587 e. The molecule has 1 heterocycles. The maximum Gasteiger partial charge on any atom is 0.0587 e. The van der Waals surface area contributed by atoms with Crippen molar-refractivity contribution in [3.05, 3.63) is 0 Å². The van der Waals surface area contributed by atoms with Gasteiger partial charge in [0.25, 0.3) is 0 Å². The Kier molecular flexibility index (Phi) is 8.27. The fraction of sp³-hybridized carbons (Fsp3) is 1.00. The van der Waals surface area contributed by atoms with Crippen molar-refractivity contribution in [1.29, 1.82) is 0 Å². The molecule has 1 saturated heterocycles. The van der Waals surface area contributed by atoms with E-state index in [4.69, 9.17) is 4.74 Å². The molecule has 0 spiro atoms. The Bertz CT molecular complexity index is 192. The second kappa shape index (κ2) is 9.20. The summed E-state index contributed by atoms with van der Waals surface area (Å²) in [5.41, 5.74) is 0. The van der Waals surface area contributed by atoms with Crippen LogP contribution in [0.1, 0.15) is 26.2 Å². The monoisotopic (exact) mass is 260 g/mol. The van der Waals surface area contributed by atoms with Crippen molar-refractivity contribution in [1.82, 2.24) is 10.2 Å². The third kappa shape index (κ3) is 6.09. The van der Waals surface area contributed by atoms with E-state index in [0.717, 1.165) is 24.9 Å². The highest BCUT2D eigenvalue weighted by atomic mass is 32.2. The quantitative estimate of drug-likeness (QED) is 0.706. The summed E-state index contributed by atoms with van der Waals surface area (Å²) in [5, 5.41) is 4.34. The predicted octanol–water partition coefficient (Wildman–Crippen LogP) is 1.83. The second-order valence-corrected chi connectivity index (χ2v) is 6.01. The van der Waals surface area contributed by atoms with Crippen LogP contribution < -0.4 is 5.32 Å². The zero-order valence-corrected chi connectivity index (χ0v) is 12.4. The van der Waals surface area contributed by atoms with Crippen molar-refractivity contribution in [3.63, 3.8) is 0 Å². The van der Waals surface area contributed by atoms with Crippen LogP contribution in [0.2, 0.25) is 0 Å². The largest absolute Gasteiger partial charge is 0.383 e. The summed E-state index contributed by atoms with van der Waals surface area (Å²) in [6, 6.07) is 0.646. The summed E-state index contributed by atoms with van der Waals surface area (Å²) in [6.07, 6.45) is 6.34. The average molecular weight is 260 g/mol. The van der Waals surface area contributed by atoms with Crippen LogP contribution in [0.3, 0.4) is 0 Å². The Morgan fingerprint density at radius 3 is 2.94 bits per heavy atom. The van der Waals surface area contributed by atoms with E-state index in [2.05, 4.69) is 23.4 Å². The molecule has 0 saturated carbocycles. The van der Waals surface area contributed by atoms with Gasteiger partial charge in [0.1, 0.15) is 0 Å². The first kappa shape index (κ1) is 15.3. The molecule has 102 valence electrons. The van der Waals surface area contributed by atoms with Crippen molar-refractivity contribution < 1.29 is 4.74 Å². The molecule has 1 N–H and O–H groups in total. The van der Waals surface area contributed by atoms with Crippen LogP contribution in [0, 0.1) is 0 Å². The Morgan fingerprint density at radius 2 is 2.24 bits per heavy atom. The van der Waals surface area contributed by atoms with Crippen molar-refractivity contribution in [2.75, 3.05) is 46.2 Å². The molecule has 0 aliphatic carbocycles. The number of nitrogens with zero attached hydrogens (tertiary/aromatic N) is 1. The SMILES string of the molecule is COCCNCC(C)N1CCCC(SC)CC1. The van der Waals surface area contributed by atoms with Crippen molar-refractivity contribution >= 4 is 11.8 Å². The lowest BCUT2D eigenvalue weighted by atomic mass is 10.2. The van der Waals surface area contributed by atoms with Gasteiger partial charge >= 0.3 is 0 Å². The van der Waals surface area contributed by atoms with Gasteiger partial charge in [0.2, 0.25) is 0 Å². The van der Waals surface area contributed by atoms with Crippen LogP contribution in [0.25, 0.3) is 0 Å². The van der Waals surface area contributed by atoms with Crippen LogP contribution in [-0.2, 0) is 4.74 Å². The molecule has 0 aromatic heterocycles. The molecule has 0 bridgehead atoms.